The van der Waals surface area contributed by atoms with E-state index in [2.05, 4.69) is 15.2 Å². The van der Waals surface area contributed by atoms with Gasteiger partial charge in [-0.25, -0.2) is 4.79 Å². The van der Waals surface area contributed by atoms with E-state index in [1.54, 1.807) is 12.4 Å². The fourth-order valence-electron chi connectivity index (χ4n) is 2.24. The van der Waals surface area contributed by atoms with Crippen molar-refractivity contribution in [1.29, 1.82) is 0 Å². The molecule has 0 fully saturated rings. The first-order valence-electron chi connectivity index (χ1n) is 6.92. The van der Waals surface area contributed by atoms with E-state index in [0.717, 1.165) is 22.9 Å². The molecule has 0 bridgehead atoms. The van der Waals surface area contributed by atoms with Gasteiger partial charge < -0.3 is 9.64 Å². The van der Waals surface area contributed by atoms with Gasteiger partial charge in [-0.2, -0.15) is 0 Å². The van der Waals surface area contributed by atoms with Gasteiger partial charge in [-0.05, 0) is 19.5 Å². The SMILES string of the molecule is COC(=O)C(NCCN(C)C)c1cncc2ccccc12. The zero-order chi connectivity index (χ0) is 15.2. The number of hydrogen-bond donors (Lipinski definition) is 1. The highest BCUT2D eigenvalue weighted by Gasteiger charge is 2.23. The molecule has 1 unspecified atom stereocenters. The Bertz CT molecular complexity index is 608. The molecule has 2 aromatic rings. The largest absolute Gasteiger partial charge is 0.468 e. The number of pyridine rings is 1. The summed E-state index contributed by atoms with van der Waals surface area (Å²) in [7, 11) is 5.39. The van der Waals surface area contributed by atoms with Gasteiger partial charge in [-0.1, -0.05) is 24.3 Å². The van der Waals surface area contributed by atoms with Gasteiger partial charge >= 0.3 is 5.97 Å². The summed E-state index contributed by atoms with van der Waals surface area (Å²) in [5, 5.41) is 5.28. The van der Waals surface area contributed by atoms with Crippen LogP contribution in [-0.4, -0.2) is 50.1 Å². The highest BCUT2D eigenvalue weighted by molar-refractivity contribution is 5.90. The minimum absolute atomic E-state index is 0.299. The normalized spacial score (nSPS) is 12.6. The number of nitrogens with one attached hydrogen (secondary N) is 1. The monoisotopic (exact) mass is 287 g/mol. The molecule has 21 heavy (non-hydrogen) atoms. The van der Waals surface area contributed by atoms with Crippen molar-refractivity contribution < 1.29 is 9.53 Å². The van der Waals surface area contributed by atoms with E-state index in [9.17, 15) is 4.79 Å². The van der Waals surface area contributed by atoms with Gasteiger partial charge in [0.1, 0.15) is 6.04 Å². The van der Waals surface area contributed by atoms with Gasteiger partial charge in [0.2, 0.25) is 0 Å². The molecule has 1 aromatic heterocycles. The maximum Gasteiger partial charge on any atom is 0.327 e. The number of carbonyl (C=O) groups is 1. The maximum absolute atomic E-state index is 12.1. The van der Waals surface area contributed by atoms with Crippen molar-refractivity contribution in [3.05, 3.63) is 42.2 Å². The number of methoxy groups -OCH3 is 1. The van der Waals surface area contributed by atoms with E-state index in [4.69, 9.17) is 4.74 Å². The zero-order valence-corrected chi connectivity index (χ0v) is 12.7. The smallest absolute Gasteiger partial charge is 0.327 e. The van der Waals surface area contributed by atoms with Crippen LogP contribution in [0.3, 0.4) is 0 Å². The molecule has 0 aliphatic carbocycles. The Morgan fingerprint density at radius 1 is 1.33 bits per heavy atom. The maximum atomic E-state index is 12.1. The van der Waals surface area contributed by atoms with E-state index < -0.39 is 6.04 Å². The minimum atomic E-state index is -0.506. The van der Waals surface area contributed by atoms with E-state index in [-0.39, 0.29) is 5.97 Å². The lowest BCUT2D eigenvalue weighted by atomic mass is 10.0. The number of carbonyl (C=O) groups excluding carboxylic acids is 1. The average Bonchev–Trinajstić information content (AvgIpc) is 2.50. The van der Waals surface area contributed by atoms with Crippen molar-refractivity contribution in [3.63, 3.8) is 0 Å². The Labute approximate surface area is 124 Å². The van der Waals surface area contributed by atoms with Crippen molar-refractivity contribution in [2.75, 3.05) is 34.3 Å². The second-order valence-electron chi connectivity index (χ2n) is 5.16. The van der Waals surface area contributed by atoms with E-state index >= 15 is 0 Å². The van der Waals surface area contributed by atoms with Crippen LogP contribution in [0, 0.1) is 0 Å². The number of likely N-dealkylation sites (N-methyl/N-ethyl adjacent to an activating group) is 1. The Morgan fingerprint density at radius 2 is 2.10 bits per heavy atom. The van der Waals surface area contributed by atoms with Crippen LogP contribution in [0.1, 0.15) is 11.6 Å². The van der Waals surface area contributed by atoms with Crippen LogP contribution in [0.15, 0.2) is 36.7 Å². The number of rotatable bonds is 6. The molecule has 0 aliphatic rings. The van der Waals surface area contributed by atoms with Gasteiger partial charge in [0.25, 0.3) is 0 Å². The lowest BCUT2D eigenvalue weighted by molar-refractivity contribution is -0.143. The Morgan fingerprint density at radius 3 is 2.81 bits per heavy atom. The van der Waals surface area contributed by atoms with Crippen molar-refractivity contribution in [3.8, 4) is 0 Å². The average molecular weight is 287 g/mol. The number of nitrogens with zero attached hydrogens (tertiary/aromatic N) is 2. The van der Waals surface area contributed by atoms with E-state index in [1.807, 2.05) is 38.4 Å². The standard InChI is InChI=1S/C16H21N3O2/c1-19(2)9-8-18-15(16(20)21-3)14-11-17-10-12-6-4-5-7-13(12)14/h4-7,10-11,15,18H,8-9H2,1-3H3. The molecule has 1 aromatic carbocycles. The third-order valence-corrected chi connectivity index (χ3v) is 3.35. The topological polar surface area (TPSA) is 54.5 Å². The molecule has 112 valence electrons. The van der Waals surface area contributed by atoms with Crippen LogP contribution in [0.4, 0.5) is 0 Å². The molecule has 5 nitrogen and oxygen atoms in total. The number of hydrogen-bond acceptors (Lipinski definition) is 5. The first-order valence-corrected chi connectivity index (χ1v) is 6.92. The van der Waals surface area contributed by atoms with Crippen LogP contribution in [0.25, 0.3) is 10.8 Å². The molecule has 2 rings (SSSR count). The molecule has 0 aliphatic heterocycles. The van der Waals surface area contributed by atoms with Crippen LogP contribution in [-0.2, 0) is 9.53 Å². The highest BCUT2D eigenvalue weighted by atomic mass is 16.5. The van der Waals surface area contributed by atoms with Gasteiger partial charge in [0, 0.05) is 36.4 Å². The van der Waals surface area contributed by atoms with Gasteiger partial charge in [0.15, 0.2) is 0 Å². The summed E-state index contributed by atoms with van der Waals surface area (Å²) in [5.74, 6) is -0.299. The number of ether oxygens (including phenoxy) is 1. The fraction of sp³-hybridized carbons (Fsp3) is 0.375. The summed E-state index contributed by atoms with van der Waals surface area (Å²) in [6.07, 6.45) is 3.53. The molecule has 5 heteroatoms. The lowest BCUT2D eigenvalue weighted by Gasteiger charge is -2.19. The first-order chi connectivity index (χ1) is 10.1. The molecule has 1 N–H and O–H groups in total. The summed E-state index contributed by atoms with van der Waals surface area (Å²) < 4.78 is 4.93. The summed E-state index contributed by atoms with van der Waals surface area (Å²) >= 11 is 0. The Hall–Kier alpha value is -1.98. The molecule has 1 atom stereocenters. The predicted molar refractivity (Wildman–Crippen MR) is 83.1 cm³/mol. The summed E-state index contributed by atoms with van der Waals surface area (Å²) in [4.78, 5) is 18.4. The van der Waals surface area contributed by atoms with Crippen LogP contribution in [0.5, 0.6) is 0 Å². The van der Waals surface area contributed by atoms with Crippen LogP contribution in [0.2, 0.25) is 0 Å². The zero-order valence-electron chi connectivity index (χ0n) is 12.7. The summed E-state index contributed by atoms with van der Waals surface area (Å²) in [6.45, 7) is 1.53. The molecular formula is C16H21N3O2. The number of fused-ring (bicyclic) bond motifs is 1. The second-order valence-corrected chi connectivity index (χ2v) is 5.16. The summed E-state index contributed by atoms with van der Waals surface area (Å²) in [6, 6.07) is 7.39. The van der Waals surface area contributed by atoms with Crippen molar-refractivity contribution in [1.82, 2.24) is 15.2 Å². The second kappa shape index (κ2) is 7.15. The van der Waals surface area contributed by atoms with Crippen molar-refractivity contribution >= 4 is 16.7 Å². The number of benzene rings is 1. The lowest BCUT2D eigenvalue weighted by Crippen LogP contribution is -2.34. The first kappa shape index (κ1) is 15.4. The van der Waals surface area contributed by atoms with Crippen LogP contribution >= 0.6 is 0 Å². The minimum Gasteiger partial charge on any atom is -0.468 e. The molecule has 1 heterocycles. The number of esters is 1. The highest BCUT2D eigenvalue weighted by Crippen LogP contribution is 2.23. The Kier molecular flexibility index (Phi) is 5.25. The molecular weight excluding hydrogens is 266 g/mol. The number of aromatic nitrogens is 1. The van der Waals surface area contributed by atoms with Crippen molar-refractivity contribution in [2.24, 2.45) is 0 Å². The van der Waals surface area contributed by atoms with Gasteiger partial charge in [0.05, 0.1) is 7.11 Å². The fourth-order valence-corrected chi connectivity index (χ4v) is 2.24. The molecule has 0 saturated carbocycles. The third-order valence-electron chi connectivity index (χ3n) is 3.35. The Balaban J connectivity index is 2.32. The molecule has 0 radical (unpaired) electrons. The van der Waals surface area contributed by atoms with E-state index in [0.29, 0.717) is 6.54 Å². The van der Waals surface area contributed by atoms with E-state index in [1.165, 1.54) is 7.11 Å². The molecule has 0 spiro atoms. The van der Waals surface area contributed by atoms with Crippen LogP contribution < -0.4 is 5.32 Å². The van der Waals surface area contributed by atoms with Crippen molar-refractivity contribution in [2.45, 2.75) is 6.04 Å². The van der Waals surface area contributed by atoms with Gasteiger partial charge in [-0.15, -0.1) is 0 Å². The van der Waals surface area contributed by atoms with Gasteiger partial charge in [-0.3, -0.25) is 10.3 Å². The third kappa shape index (κ3) is 3.77. The predicted octanol–water partition coefficient (Wildman–Crippen LogP) is 1.60. The molecule has 0 amide bonds. The quantitative estimate of drug-likeness (QED) is 0.818. The summed E-state index contributed by atoms with van der Waals surface area (Å²) in [5.41, 5.74) is 0.846. The molecule has 0 saturated heterocycles.